The summed E-state index contributed by atoms with van der Waals surface area (Å²) in [6, 6.07) is 27.2. The molecule has 0 bridgehead atoms. The van der Waals surface area contributed by atoms with Gasteiger partial charge < -0.3 is 11.5 Å². The van der Waals surface area contributed by atoms with E-state index in [-0.39, 0.29) is 33.8 Å². The van der Waals surface area contributed by atoms with Crippen molar-refractivity contribution in [1.29, 1.82) is 0 Å². The standard InChI is InChI=1S/C30H24N2O4/c31-29(35)23-15-7-13-19(25(23)27(33)21-9-3-1-4-10-21)17-18-20-14-8-16-24(30(32)36)26(20)28(34)22-11-5-2-6-12-22/h1-16H,17-18H2,(H2,31,35)(H2,32,36). The predicted octanol–water partition coefficient (Wildman–Crippen LogP) is 4.13. The van der Waals surface area contributed by atoms with Gasteiger partial charge in [-0.05, 0) is 36.1 Å². The Morgan fingerprint density at radius 3 is 1.17 bits per heavy atom. The summed E-state index contributed by atoms with van der Waals surface area (Å²) in [4.78, 5) is 51.1. The van der Waals surface area contributed by atoms with E-state index in [0.29, 0.717) is 35.1 Å². The fourth-order valence-corrected chi connectivity index (χ4v) is 4.30. The van der Waals surface area contributed by atoms with Gasteiger partial charge in [0.1, 0.15) is 0 Å². The second-order valence-electron chi connectivity index (χ2n) is 8.30. The Bertz CT molecular complexity index is 1350. The Morgan fingerprint density at radius 2 is 0.833 bits per heavy atom. The molecule has 6 nitrogen and oxygen atoms in total. The summed E-state index contributed by atoms with van der Waals surface area (Å²) >= 11 is 0. The number of ketones is 2. The number of aryl methyl sites for hydroxylation is 2. The zero-order valence-corrected chi connectivity index (χ0v) is 19.4. The molecule has 0 unspecified atom stereocenters. The molecule has 0 aromatic heterocycles. The van der Waals surface area contributed by atoms with E-state index in [1.165, 1.54) is 12.1 Å². The Kier molecular flexibility index (Phi) is 7.16. The quantitative estimate of drug-likeness (QED) is 0.353. The molecular formula is C30H24N2O4. The third-order valence-corrected chi connectivity index (χ3v) is 6.02. The molecule has 0 heterocycles. The second-order valence-corrected chi connectivity index (χ2v) is 8.30. The van der Waals surface area contributed by atoms with Gasteiger partial charge in [0.2, 0.25) is 11.8 Å². The highest BCUT2D eigenvalue weighted by atomic mass is 16.2. The van der Waals surface area contributed by atoms with E-state index in [1.54, 1.807) is 84.9 Å². The van der Waals surface area contributed by atoms with E-state index in [2.05, 4.69) is 0 Å². The zero-order valence-electron chi connectivity index (χ0n) is 19.4. The predicted molar refractivity (Wildman–Crippen MR) is 137 cm³/mol. The summed E-state index contributed by atoms with van der Waals surface area (Å²) in [6.45, 7) is 0. The van der Waals surface area contributed by atoms with Crippen LogP contribution < -0.4 is 11.5 Å². The molecule has 0 aliphatic rings. The van der Waals surface area contributed by atoms with Gasteiger partial charge in [0.15, 0.2) is 11.6 Å². The third kappa shape index (κ3) is 4.98. The van der Waals surface area contributed by atoms with Crippen LogP contribution in [-0.4, -0.2) is 23.4 Å². The van der Waals surface area contributed by atoms with Gasteiger partial charge in [-0.15, -0.1) is 0 Å². The average molecular weight is 477 g/mol. The smallest absolute Gasteiger partial charge is 0.249 e. The van der Waals surface area contributed by atoms with E-state index in [9.17, 15) is 19.2 Å². The maximum atomic E-state index is 13.4. The van der Waals surface area contributed by atoms with Crippen molar-refractivity contribution in [2.24, 2.45) is 11.5 Å². The van der Waals surface area contributed by atoms with Gasteiger partial charge in [0, 0.05) is 22.3 Å². The maximum absolute atomic E-state index is 13.4. The Hall–Kier alpha value is -4.84. The number of hydrogen-bond acceptors (Lipinski definition) is 4. The number of hydrogen-bond donors (Lipinski definition) is 2. The van der Waals surface area contributed by atoms with Crippen LogP contribution in [0, 0.1) is 0 Å². The van der Waals surface area contributed by atoms with Gasteiger partial charge in [-0.2, -0.15) is 0 Å². The van der Waals surface area contributed by atoms with Gasteiger partial charge in [-0.3, -0.25) is 19.2 Å². The minimum Gasteiger partial charge on any atom is -0.366 e. The minimum atomic E-state index is -0.702. The molecule has 0 atom stereocenters. The van der Waals surface area contributed by atoms with Gasteiger partial charge in [0.25, 0.3) is 0 Å². The van der Waals surface area contributed by atoms with E-state index in [0.717, 1.165) is 0 Å². The Labute approximate surface area is 208 Å². The lowest BCUT2D eigenvalue weighted by Gasteiger charge is -2.15. The van der Waals surface area contributed by atoms with Crippen LogP contribution in [0.25, 0.3) is 0 Å². The third-order valence-electron chi connectivity index (χ3n) is 6.02. The lowest BCUT2D eigenvalue weighted by Crippen LogP contribution is -2.20. The van der Waals surface area contributed by atoms with Crippen molar-refractivity contribution in [2.45, 2.75) is 12.8 Å². The molecule has 0 saturated carbocycles. The topological polar surface area (TPSA) is 120 Å². The molecule has 0 fully saturated rings. The summed E-state index contributed by atoms with van der Waals surface area (Å²) in [5.74, 6) is -2.03. The monoisotopic (exact) mass is 476 g/mol. The molecule has 178 valence electrons. The number of amides is 2. The number of primary amides is 2. The van der Waals surface area contributed by atoms with Crippen LogP contribution in [0.4, 0.5) is 0 Å². The molecular weight excluding hydrogens is 452 g/mol. The Morgan fingerprint density at radius 1 is 0.472 bits per heavy atom. The molecule has 4 aromatic rings. The molecule has 0 spiro atoms. The number of carbonyl (C=O) groups is 4. The first-order valence-corrected chi connectivity index (χ1v) is 11.4. The van der Waals surface area contributed by atoms with Gasteiger partial charge in [-0.1, -0.05) is 84.9 Å². The SMILES string of the molecule is NC(=O)c1cccc(CCc2cccc(C(N)=O)c2C(=O)c2ccccc2)c1C(=O)c1ccccc1. The van der Waals surface area contributed by atoms with Crippen LogP contribution in [0.2, 0.25) is 0 Å². The highest BCUT2D eigenvalue weighted by molar-refractivity contribution is 6.17. The molecule has 0 radical (unpaired) electrons. The summed E-state index contributed by atoms with van der Waals surface area (Å²) in [5.41, 5.74) is 14.0. The summed E-state index contributed by atoms with van der Waals surface area (Å²) in [6.07, 6.45) is 0.651. The zero-order chi connectivity index (χ0) is 25.7. The maximum Gasteiger partial charge on any atom is 0.249 e. The highest BCUT2D eigenvalue weighted by Crippen LogP contribution is 2.24. The Balaban J connectivity index is 1.76. The van der Waals surface area contributed by atoms with Gasteiger partial charge >= 0.3 is 0 Å². The van der Waals surface area contributed by atoms with Crippen molar-refractivity contribution in [3.8, 4) is 0 Å². The fourth-order valence-electron chi connectivity index (χ4n) is 4.30. The largest absolute Gasteiger partial charge is 0.366 e. The first-order valence-electron chi connectivity index (χ1n) is 11.4. The van der Waals surface area contributed by atoms with E-state index >= 15 is 0 Å². The molecule has 0 saturated heterocycles. The normalized spacial score (nSPS) is 10.6. The molecule has 2 amide bonds. The second kappa shape index (κ2) is 10.6. The summed E-state index contributed by atoms with van der Waals surface area (Å²) in [7, 11) is 0. The van der Waals surface area contributed by atoms with Crippen molar-refractivity contribution < 1.29 is 19.2 Å². The number of nitrogens with two attached hydrogens (primary N) is 2. The highest BCUT2D eigenvalue weighted by Gasteiger charge is 2.23. The van der Waals surface area contributed by atoms with Crippen molar-refractivity contribution >= 4 is 23.4 Å². The molecule has 4 N–H and O–H groups in total. The molecule has 0 aliphatic heterocycles. The molecule has 4 aromatic carbocycles. The number of carbonyl (C=O) groups excluding carboxylic acids is 4. The van der Waals surface area contributed by atoms with Crippen molar-refractivity contribution in [2.75, 3.05) is 0 Å². The van der Waals surface area contributed by atoms with Crippen LogP contribution in [-0.2, 0) is 12.8 Å². The summed E-state index contributed by atoms with van der Waals surface area (Å²) < 4.78 is 0. The lowest BCUT2D eigenvalue weighted by atomic mass is 9.87. The van der Waals surface area contributed by atoms with Crippen molar-refractivity contribution in [1.82, 2.24) is 0 Å². The molecule has 6 heteroatoms. The van der Waals surface area contributed by atoms with Crippen LogP contribution in [0.1, 0.15) is 63.7 Å². The number of rotatable bonds is 9. The van der Waals surface area contributed by atoms with E-state index < -0.39 is 11.8 Å². The van der Waals surface area contributed by atoms with E-state index in [1.807, 2.05) is 0 Å². The van der Waals surface area contributed by atoms with Crippen LogP contribution >= 0.6 is 0 Å². The molecule has 36 heavy (non-hydrogen) atoms. The average Bonchev–Trinajstić information content (AvgIpc) is 2.91. The van der Waals surface area contributed by atoms with Gasteiger partial charge in [0.05, 0.1) is 11.1 Å². The molecule has 4 rings (SSSR count). The van der Waals surface area contributed by atoms with Crippen LogP contribution in [0.3, 0.4) is 0 Å². The van der Waals surface area contributed by atoms with Crippen molar-refractivity contribution in [3.63, 3.8) is 0 Å². The van der Waals surface area contributed by atoms with E-state index in [4.69, 9.17) is 11.5 Å². The van der Waals surface area contributed by atoms with Crippen LogP contribution in [0.5, 0.6) is 0 Å². The first kappa shape index (κ1) is 24.3. The first-order chi connectivity index (χ1) is 17.4. The fraction of sp³-hybridized carbons (Fsp3) is 0.0667. The molecule has 0 aliphatic carbocycles. The minimum absolute atomic E-state index is 0.132. The van der Waals surface area contributed by atoms with Gasteiger partial charge in [-0.25, -0.2) is 0 Å². The number of benzene rings is 4. The lowest BCUT2D eigenvalue weighted by molar-refractivity contribution is 0.0979. The van der Waals surface area contributed by atoms with Crippen molar-refractivity contribution in [3.05, 3.63) is 142 Å². The summed E-state index contributed by atoms with van der Waals surface area (Å²) in [5, 5.41) is 0. The van der Waals surface area contributed by atoms with Crippen LogP contribution in [0.15, 0.2) is 97.1 Å².